The Morgan fingerprint density at radius 3 is 2.58 bits per heavy atom. The molecule has 1 spiro atoms. The number of carbonyl (C=O) groups excluding carboxylic acids is 1. The number of carbonyl (C=O) groups is 2. The summed E-state index contributed by atoms with van der Waals surface area (Å²) in [7, 11) is 2.16. The number of hydrogen-bond acceptors (Lipinski definition) is 7. The molecule has 2 N–H and O–H groups in total. The van der Waals surface area contributed by atoms with Crippen molar-refractivity contribution in [2.24, 2.45) is 0 Å². The summed E-state index contributed by atoms with van der Waals surface area (Å²) in [6, 6.07) is 4.25. The number of carboxylic acids is 1. The molecule has 1 saturated carbocycles. The zero-order valence-corrected chi connectivity index (χ0v) is 20.1. The van der Waals surface area contributed by atoms with Gasteiger partial charge >= 0.3 is 12.1 Å². The molecule has 1 saturated heterocycles. The molecule has 2 aromatic rings. The predicted molar refractivity (Wildman–Crippen MR) is 121 cm³/mol. The smallest absolute Gasteiger partial charge is 0.475 e. The third kappa shape index (κ3) is 5.89. The van der Waals surface area contributed by atoms with Gasteiger partial charge in [-0.25, -0.2) is 4.79 Å². The fourth-order valence-corrected chi connectivity index (χ4v) is 5.22. The zero-order valence-electron chi connectivity index (χ0n) is 20.1. The number of alkyl halides is 3. The first-order chi connectivity index (χ1) is 17.1. The van der Waals surface area contributed by atoms with E-state index in [-0.39, 0.29) is 17.5 Å². The first-order valence-electron chi connectivity index (χ1n) is 12.1. The van der Waals surface area contributed by atoms with E-state index in [1.807, 2.05) is 12.1 Å². The van der Waals surface area contributed by atoms with Gasteiger partial charge < -0.3 is 19.4 Å². The maximum atomic E-state index is 12.9. The quantitative estimate of drug-likeness (QED) is 0.642. The van der Waals surface area contributed by atoms with Crippen LogP contribution >= 0.6 is 0 Å². The van der Waals surface area contributed by atoms with Crippen LogP contribution in [0.4, 0.5) is 13.2 Å². The molecule has 0 bridgehead atoms. The monoisotopic (exact) mass is 512 g/mol. The largest absolute Gasteiger partial charge is 0.490 e. The number of nitrogens with one attached hydrogen (secondary N) is 1. The van der Waals surface area contributed by atoms with Crippen LogP contribution < -0.4 is 5.32 Å². The second kappa shape index (κ2) is 10.6. The Morgan fingerprint density at radius 2 is 1.94 bits per heavy atom. The Labute approximate surface area is 206 Å². The number of nitrogens with zero attached hydrogens (tertiary/aromatic N) is 5. The Kier molecular flexibility index (Phi) is 7.69. The van der Waals surface area contributed by atoms with Gasteiger partial charge in [-0.05, 0) is 38.4 Å². The third-order valence-corrected chi connectivity index (χ3v) is 7.23. The van der Waals surface area contributed by atoms with Crippen molar-refractivity contribution in [2.75, 3.05) is 20.1 Å². The molecule has 1 unspecified atom stereocenters. The van der Waals surface area contributed by atoms with Crippen LogP contribution in [0.15, 0.2) is 22.8 Å². The van der Waals surface area contributed by atoms with Gasteiger partial charge in [-0.15, -0.1) is 10.2 Å². The molecule has 1 aliphatic carbocycles. The molecular weight excluding hydrogens is 481 g/mol. The lowest BCUT2D eigenvalue weighted by Crippen LogP contribution is -2.55. The van der Waals surface area contributed by atoms with E-state index in [1.165, 1.54) is 19.3 Å². The molecule has 36 heavy (non-hydrogen) atoms. The van der Waals surface area contributed by atoms with Crippen LogP contribution in [0.25, 0.3) is 0 Å². The summed E-state index contributed by atoms with van der Waals surface area (Å²) in [5, 5.41) is 18.9. The van der Waals surface area contributed by atoms with E-state index in [4.69, 9.17) is 14.3 Å². The first-order valence-corrected chi connectivity index (χ1v) is 12.1. The van der Waals surface area contributed by atoms with Crippen LogP contribution in [0.5, 0.6) is 0 Å². The van der Waals surface area contributed by atoms with Crippen molar-refractivity contribution in [3.05, 3.63) is 35.8 Å². The van der Waals surface area contributed by atoms with E-state index >= 15 is 0 Å². The summed E-state index contributed by atoms with van der Waals surface area (Å²) in [5.41, 5.74) is 0.00183. The van der Waals surface area contributed by atoms with Gasteiger partial charge in [0.25, 0.3) is 5.91 Å². The maximum Gasteiger partial charge on any atom is 0.490 e. The highest BCUT2D eigenvalue weighted by molar-refractivity contribution is 5.91. The highest BCUT2D eigenvalue weighted by atomic mass is 19.4. The van der Waals surface area contributed by atoms with Crippen molar-refractivity contribution in [3.8, 4) is 0 Å². The lowest BCUT2D eigenvalue weighted by molar-refractivity contribution is -0.192. The van der Waals surface area contributed by atoms with Gasteiger partial charge in [-0.3, -0.25) is 14.6 Å². The molecule has 13 heteroatoms. The molecule has 4 heterocycles. The van der Waals surface area contributed by atoms with Crippen LogP contribution in [0.2, 0.25) is 0 Å². The first kappa shape index (κ1) is 26.1. The zero-order chi connectivity index (χ0) is 25.9. The van der Waals surface area contributed by atoms with Crippen LogP contribution in [0.1, 0.15) is 60.7 Å². The molecule has 10 nitrogen and oxygen atoms in total. The predicted octanol–water partition coefficient (Wildman–Crippen LogP) is 2.66. The number of amides is 1. The van der Waals surface area contributed by atoms with Crippen molar-refractivity contribution in [3.63, 3.8) is 0 Å². The van der Waals surface area contributed by atoms with E-state index < -0.39 is 12.1 Å². The molecule has 1 amide bonds. The normalized spacial score (nSPS) is 23.2. The lowest BCUT2D eigenvalue weighted by atomic mass is 9.94. The molecule has 198 valence electrons. The SMILES string of the molecule is CN1Cc2nnc(C(=O)NC3CCCCC3)n2CC12CCN(Cc1ccco1)C2.O=C(O)C(F)(F)F. The minimum Gasteiger partial charge on any atom is -0.475 e. The topological polar surface area (TPSA) is 117 Å². The number of carboxylic acid groups (broad SMARTS) is 1. The van der Waals surface area contributed by atoms with Crippen molar-refractivity contribution in [1.82, 2.24) is 29.9 Å². The molecule has 0 radical (unpaired) electrons. The second-order valence-electron chi connectivity index (χ2n) is 9.76. The number of halogens is 3. The average Bonchev–Trinajstić information content (AvgIpc) is 3.57. The van der Waals surface area contributed by atoms with Gasteiger partial charge in [0.15, 0.2) is 0 Å². The summed E-state index contributed by atoms with van der Waals surface area (Å²) >= 11 is 0. The van der Waals surface area contributed by atoms with E-state index in [1.54, 1.807) is 6.26 Å². The van der Waals surface area contributed by atoms with Gasteiger partial charge in [0, 0.05) is 25.7 Å². The van der Waals surface area contributed by atoms with Crippen LogP contribution in [0, 0.1) is 0 Å². The number of aliphatic carboxylic acids is 1. The lowest BCUT2D eigenvalue weighted by Gasteiger charge is -2.42. The standard InChI is InChI=1S/C21H30N6O2.C2HF3O2/c1-25-13-18-23-24-19(20(28)22-16-6-3-2-4-7-16)27(18)15-21(25)9-10-26(14-21)12-17-8-5-11-29-17;3-2(4,5)1(6)7/h5,8,11,16H,2-4,6-7,9-10,12-15H2,1H3,(H,22,28);(H,6,7). The van der Waals surface area contributed by atoms with Gasteiger partial charge in [-0.1, -0.05) is 19.3 Å². The maximum absolute atomic E-state index is 12.9. The molecule has 5 rings (SSSR count). The second-order valence-corrected chi connectivity index (χ2v) is 9.76. The summed E-state index contributed by atoms with van der Waals surface area (Å²) in [6.07, 6.45) is 3.52. The number of rotatable bonds is 4. The van der Waals surface area contributed by atoms with Crippen molar-refractivity contribution in [1.29, 1.82) is 0 Å². The van der Waals surface area contributed by atoms with Crippen LogP contribution in [-0.4, -0.2) is 79.4 Å². The van der Waals surface area contributed by atoms with Crippen molar-refractivity contribution >= 4 is 11.9 Å². The highest BCUT2D eigenvalue weighted by Gasteiger charge is 2.46. The molecular formula is C23H31F3N6O4. The van der Waals surface area contributed by atoms with Gasteiger partial charge in [-0.2, -0.15) is 13.2 Å². The van der Waals surface area contributed by atoms with Gasteiger partial charge in [0.1, 0.15) is 11.6 Å². The number of hydrogen-bond donors (Lipinski definition) is 2. The fraction of sp³-hybridized carbons (Fsp3) is 0.652. The van der Waals surface area contributed by atoms with Crippen LogP contribution in [0.3, 0.4) is 0 Å². The summed E-state index contributed by atoms with van der Waals surface area (Å²) < 4.78 is 39.3. The summed E-state index contributed by atoms with van der Waals surface area (Å²) in [5.74, 6) is -0.467. The minimum atomic E-state index is -5.08. The number of likely N-dealkylation sites (N-methyl/N-ethyl adjacent to an activating group) is 1. The molecule has 1 atom stereocenters. The average molecular weight is 513 g/mol. The number of furan rings is 1. The van der Waals surface area contributed by atoms with E-state index in [2.05, 4.69) is 36.9 Å². The molecule has 3 aliphatic rings. The Morgan fingerprint density at radius 1 is 1.22 bits per heavy atom. The number of aromatic nitrogens is 3. The minimum absolute atomic E-state index is 0.00183. The van der Waals surface area contributed by atoms with Gasteiger partial charge in [0.2, 0.25) is 5.82 Å². The number of fused-ring (bicyclic) bond motifs is 1. The third-order valence-electron chi connectivity index (χ3n) is 7.23. The van der Waals surface area contributed by atoms with Crippen molar-refractivity contribution < 1.29 is 32.3 Å². The summed E-state index contributed by atoms with van der Waals surface area (Å²) in [4.78, 5) is 26.7. The molecule has 2 aliphatic heterocycles. The van der Waals surface area contributed by atoms with E-state index in [0.29, 0.717) is 5.82 Å². The Bertz CT molecular complexity index is 1050. The Balaban J connectivity index is 0.000000384. The number of likely N-dealkylation sites (tertiary alicyclic amines) is 1. The van der Waals surface area contributed by atoms with Gasteiger partial charge in [0.05, 0.1) is 24.9 Å². The molecule has 0 aromatic carbocycles. The fourth-order valence-electron chi connectivity index (χ4n) is 5.22. The van der Waals surface area contributed by atoms with Crippen molar-refractivity contribution in [2.45, 2.75) is 75.9 Å². The molecule has 2 fully saturated rings. The Hall–Kier alpha value is -2.93. The highest BCUT2D eigenvalue weighted by Crippen LogP contribution is 2.34. The van der Waals surface area contributed by atoms with Crippen LogP contribution in [-0.2, 0) is 24.4 Å². The van der Waals surface area contributed by atoms with E-state index in [9.17, 15) is 18.0 Å². The summed E-state index contributed by atoms with van der Waals surface area (Å²) in [6.45, 7) is 4.27. The van der Waals surface area contributed by atoms with E-state index in [0.717, 1.165) is 63.6 Å². The molecule has 2 aromatic heterocycles.